The SMILES string of the molecule is CC1SC2(CCCCC2)N(c2ccc(Cl)cc2)C1=O. The van der Waals surface area contributed by atoms with Crippen molar-refractivity contribution in [1.82, 2.24) is 0 Å². The number of halogens is 1. The minimum Gasteiger partial charge on any atom is -0.296 e. The molecule has 1 aromatic rings. The van der Waals surface area contributed by atoms with Crippen molar-refractivity contribution in [2.24, 2.45) is 0 Å². The predicted molar refractivity (Wildman–Crippen MR) is 81.8 cm³/mol. The summed E-state index contributed by atoms with van der Waals surface area (Å²) in [4.78, 5) is 14.6. The van der Waals surface area contributed by atoms with Crippen molar-refractivity contribution in [3.63, 3.8) is 0 Å². The zero-order chi connectivity index (χ0) is 13.5. The molecule has 4 heteroatoms. The Morgan fingerprint density at radius 3 is 2.47 bits per heavy atom. The summed E-state index contributed by atoms with van der Waals surface area (Å²) >= 11 is 7.80. The van der Waals surface area contributed by atoms with Crippen molar-refractivity contribution in [1.29, 1.82) is 0 Å². The maximum Gasteiger partial charge on any atom is 0.241 e. The van der Waals surface area contributed by atoms with Gasteiger partial charge in [0, 0.05) is 10.7 Å². The van der Waals surface area contributed by atoms with Gasteiger partial charge in [0.1, 0.15) is 0 Å². The Balaban J connectivity index is 1.99. The molecule has 1 saturated heterocycles. The summed E-state index contributed by atoms with van der Waals surface area (Å²) < 4.78 is 0. The molecule has 3 rings (SSSR count). The topological polar surface area (TPSA) is 20.3 Å². The van der Waals surface area contributed by atoms with Crippen molar-refractivity contribution < 1.29 is 4.79 Å². The molecule has 0 aromatic heterocycles. The highest BCUT2D eigenvalue weighted by Crippen LogP contribution is 2.51. The fraction of sp³-hybridized carbons (Fsp3) is 0.533. The van der Waals surface area contributed by atoms with Crippen LogP contribution in [0.1, 0.15) is 39.0 Å². The van der Waals surface area contributed by atoms with Crippen molar-refractivity contribution in [3.8, 4) is 0 Å². The summed E-state index contributed by atoms with van der Waals surface area (Å²) in [5.74, 6) is 0.245. The summed E-state index contributed by atoms with van der Waals surface area (Å²) in [6, 6.07) is 7.67. The van der Waals surface area contributed by atoms with Crippen LogP contribution in [0, 0.1) is 0 Å². The van der Waals surface area contributed by atoms with Crippen molar-refractivity contribution >= 4 is 35.0 Å². The third-order valence-electron chi connectivity index (χ3n) is 4.09. The zero-order valence-electron chi connectivity index (χ0n) is 11.1. The van der Waals surface area contributed by atoms with Crippen LogP contribution in [0.3, 0.4) is 0 Å². The van der Waals surface area contributed by atoms with Crippen LogP contribution in [0.15, 0.2) is 24.3 Å². The normalized spacial score (nSPS) is 26.1. The van der Waals surface area contributed by atoms with E-state index in [9.17, 15) is 4.79 Å². The van der Waals surface area contributed by atoms with Gasteiger partial charge in [0.15, 0.2) is 0 Å². The van der Waals surface area contributed by atoms with E-state index in [2.05, 4.69) is 0 Å². The fourth-order valence-corrected chi connectivity index (χ4v) is 5.03. The molecule has 0 bridgehead atoms. The number of rotatable bonds is 1. The Bertz CT molecular complexity index is 481. The third kappa shape index (κ3) is 2.27. The summed E-state index contributed by atoms with van der Waals surface area (Å²) in [5, 5.41) is 0.780. The molecule has 102 valence electrons. The van der Waals surface area contributed by atoms with Crippen LogP contribution in [0.5, 0.6) is 0 Å². The number of amides is 1. The Hall–Kier alpha value is -0.670. The Kier molecular flexibility index (Phi) is 3.52. The average Bonchev–Trinajstić information content (AvgIpc) is 2.64. The van der Waals surface area contributed by atoms with Crippen molar-refractivity contribution in [3.05, 3.63) is 29.3 Å². The smallest absolute Gasteiger partial charge is 0.241 e. The van der Waals surface area contributed by atoms with Crippen LogP contribution in [0.25, 0.3) is 0 Å². The monoisotopic (exact) mass is 295 g/mol. The molecule has 1 spiro atoms. The zero-order valence-corrected chi connectivity index (χ0v) is 12.6. The van der Waals surface area contributed by atoms with E-state index in [1.54, 1.807) is 0 Å². The lowest BCUT2D eigenvalue weighted by Crippen LogP contribution is -2.46. The van der Waals surface area contributed by atoms with Gasteiger partial charge >= 0.3 is 0 Å². The van der Waals surface area contributed by atoms with E-state index in [0.29, 0.717) is 5.02 Å². The number of anilines is 1. The highest BCUT2D eigenvalue weighted by Gasteiger charge is 2.50. The van der Waals surface area contributed by atoms with E-state index < -0.39 is 0 Å². The van der Waals surface area contributed by atoms with Gasteiger partial charge < -0.3 is 0 Å². The lowest BCUT2D eigenvalue weighted by Gasteiger charge is -2.40. The number of nitrogens with zero attached hydrogens (tertiary/aromatic N) is 1. The summed E-state index contributed by atoms with van der Waals surface area (Å²) in [6.45, 7) is 2.03. The molecule has 1 unspecified atom stereocenters. The number of carbonyl (C=O) groups excluding carboxylic acids is 1. The molecule has 2 nitrogen and oxygen atoms in total. The molecule has 1 atom stereocenters. The number of hydrogen-bond donors (Lipinski definition) is 0. The Morgan fingerprint density at radius 1 is 1.21 bits per heavy atom. The van der Waals surface area contributed by atoms with E-state index in [0.717, 1.165) is 18.5 Å². The first-order chi connectivity index (χ1) is 9.12. The van der Waals surface area contributed by atoms with E-state index in [-0.39, 0.29) is 16.0 Å². The van der Waals surface area contributed by atoms with Gasteiger partial charge in [-0.15, -0.1) is 11.8 Å². The largest absolute Gasteiger partial charge is 0.296 e. The maximum atomic E-state index is 12.5. The van der Waals surface area contributed by atoms with Crippen LogP contribution < -0.4 is 4.90 Å². The number of carbonyl (C=O) groups is 1. The van der Waals surface area contributed by atoms with E-state index in [1.807, 2.05) is 47.9 Å². The first-order valence-electron chi connectivity index (χ1n) is 6.90. The molecular formula is C15H18ClNOS. The van der Waals surface area contributed by atoms with Crippen LogP contribution in [-0.4, -0.2) is 16.0 Å². The molecule has 1 aliphatic carbocycles. The lowest BCUT2D eigenvalue weighted by molar-refractivity contribution is -0.117. The van der Waals surface area contributed by atoms with Gasteiger partial charge in [0.2, 0.25) is 5.91 Å². The molecule has 1 aromatic carbocycles. The first kappa shape index (κ1) is 13.3. The fourth-order valence-electron chi connectivity index (χ4n) is 3.21. The molecule has 1 saturated carbocycles. The minimum absolute atomic E-state index is 0.0113. The van der Waals surface area contributed by atoms with Gasteiger partial charge in [-0.3, -0.25) is 9.69 Å². The van der Waals surface area contributed by atoms with Crippen LogP contribution >= 0.6 is 23.4 Å². The predicted octanol–water partition coefficient (Wildman–Crippen LogP) is 4.47. The van der Waals surface area contributed by atoms with Gasteiger partial charge in [-0.25, -0.2) is 0 Å². The molecule has 0 radical (unpaired) electrons. The quantitative estimate of drug-likeness (QED) is 0.762. The molecule has 1 aliphatic heterocycles. The average molecular weight is 296 g/mol. The van der Waals surface area contributed by atoms with Crippen molar-refractivity contribution in [2.45, 2.75) is 49.1 Å². The molecule has 19 heavy (non-hydrogen) atoms. The molecular weight excluding hydrogens is 278 g/mol. The Labute approximate surface area is 123 Å². The highest BCUT2D eigenvalue weighted by molar-refractivity contribution is 8.02. The van der Waals surface area contributed by atoms with E-state index in [4.69, 9.17) is 11.6 Å². The molecule has 2 fully saturated rings. The maximum absolute atomic E-state index is 12.5. The van der Waals surface area contributed by atoms with E-state index in [1.165, 1.54) is 19.3 Å². The molecule has 0 N–H and O–H groups in total. The van der Waals surface area contributed by atoms with Gasteiger partial charge in [-0.2, -0.15) is 0 Å². The second kappa shape index (κ2) is 5.02. The van der Waals surface area contributed by atoms with E-state index >= 15 is 0 Å². The number of thioether (sulfide) groups is 1. The first-order valence-corrected chi connectivity index (χ1v) is 8.16. The van der Waals surface area contributed by atoms with Crippen LogP contribution in [-0.2, 0) is 4.79 Å². The standard InChI is InChI=1S/C15H18ClNOS/c1-11-14(18)17(13-7-5-12(16)6-8-13)15(19-11)9-3-2-4-10-15/h5-8,11H,2-4,9-10H2,1H3. The summed E-state index contributed by atoms with van der Waals surface area (Å²) in [7, 11) is 0. The third-order valence-corrected chi connectivity index (χ3v) is 5.93. The van der Waals surface area contributed by atoms with Gasteiger partial charge in [0.25, 0.3) is 0 Å². The van der Waals surface area contributed by atoms with Crippen molar-refractivity contribution in [2.75, 3.05) is 4.90 Å². The van der Waals surface area contributed by atoms with Gasteiger partial charge in [-0.05, 0) is 44.0 Å². The van der Waals surface area contributed by atoms with Gasteiger partial charge in [0.05, 0.1) is 10.1 Å². The summed E-state index contributed by atoms with van der Waals surface area (Å²) in [6.07, 6.45) is 5.94. The minimum atomic E-state index is -0.0113. The molecule has 1 amide bonds. The van der Waals surface area contributed by atoms with Gasteiger partial charge in [-0.1, -0.05) is 30.9 Å². The summed E-state index contributed by atoms with van der Waals surface area (Å²) in [5.41, 5.74) is 0.994. The Morgan fingerprint density at radius 2 is 1.84 bits per heavy atom. The second-order valence-electron chi connectivity index (χ2n) is 5.42. The molecule has 2 aliphatic rings. The van der Waals surface area contributed by atoms with Crippen LogP contribution in [0.4, 0.5) is 5.69 Å². The molecule has 1 heterocycles. The number of hydrogen-bond acceptors (Lipinski definition) is 2. The second-order valence-corrected chi connectivity index (χ2v) is 7.56. The number of benzene rings is 1. The lowest BCUT2D eigenvalue weighted by atomic mass is 9.93. The van der Waals surface area contributed by atoms with Crippen LogP contribution in [0.2, 0.25) is 5.02 Å². The highest BCUT2D eigenvalue weighted by atomic mass is 35.5.